The van der Waals surface area contributed by atoms with Gasteiger partial charge in [0.05, 0.1) is 4.90 Å². The third-order valence-corrected chi connectivity index (χ3v) is 7.91. The first-order valence-electron chi connectivity index (χ1n) is 10.7. The van der Waals surface area contributed by atoms with Crippen molar-refractivity contribution in [1.29, 1.82) is 0 Å². The van der Waals surface area contributed by atoms with Crippen molar-refractivity contribution in [3.8, 4) is 0 Å². The Kier molecular flexibility index (Phi) is 5.68. The van der Waals surface area contributed by atoms with E-state index in [1.807, 2.05) is 38.1 Å². The molecule has 3 aromatic rings. The molecule has 0 saturated carbocycles. The number of pyridine rings is 1. The van der Waals surface area contributed by atoms with E-state index in [0.717, 1.165) is 47.4 Å². The van der Waals surface area contributed by atoms with E-state index >= 15 is 0 Å². The first kappa shape index (κ1) is 21.0. The fourth-order valence-corrected chi connectivity index (χ4v) is 6.11. The number of imidazole rings is 1. The van der Waals surface area contributed by atoms with Crippen molar-refractivity contribution < 1.29 is 8.42 Å². The van der Waals surface area contributed by atoms with E-state index in [4.69, 9.17) is 4.98 Å². The van der Waals surface area contributed by atoms with Crippen LogP contribution in [0.25, 0.3) is 11.2 Å². The molecule has 7 heteroatoms. The Morgan fingerprint density at radius 2 is 1.87 bits per heavy atom. The lowest BCUT2D eigenvalue weighted by molar-refractivity contribution is 0.272. The number of aromatic nitrogens is 3. The molecule has 0 radical (unpaired) electrons. The quantitative estimate of drug-likeness (QED) is 0.611. The van der Waals surface area contributed by atoms with Crippen molar-refractivity contribution in [2.24, 2.45) is 5.92 Å². The molecule has 0 spiro atoms. The van der Waals surface area contributed by atoms with Crippen LogP contribution in [0.4, 0.5) is 0 Å². The molecule has 0 aliphatic carbocycles. The van der Waals surface area contributed by atoms with Gasteiger partial charge in [0, 0.05) is 31.7 Å². The first-order valence-corrected chi connectivity index (χ1v) is 12.1. The van der Waals surface area contributed by atoms with Gasteiger partial charge in [-0.1, -0.05) is 31.5 Å². The van der Waals surface area contributed by atoms with Crippen LogP contribution in [0.15, 0.2) is 41.4 Å². The fraction of sp³-hybridized carbons (Fsp3) is 0.478. The van der Waals surface area contributed by atoms with Crippen LogP contribution in [0.5, 0.6) is 0 Å². The SMILES string of the molecule is Cc1ccc(S(=O)(=O)N2CCC(n3c(CC(C)C)nc4cccnc43)CC2)c(C)c1. The van der Waals surface area contributed by atoms with Crippen molar-refractivity contribution in [3.05, 3.63) is 53.5 Å². The molecule has 4 rings (SSSR count). The highest BCUT2D eigenvalue weighted by molar-refractivity contribution is 7.89. The van der Waals surface area contributed by atoms with Crippen LogP contribution in [-0.2, 0) is 16.4 Å². The average Bonchev–Trinajstić information content (AvgIpc) is 3.04. The lowest BCUT2D eigenvalue weighted by Crippen LogP contribution is -2.39. The van der Waals surface area contributed by atoms with Crippen LogP contribution in [-0.4, -0.2) is 40.3 Å². The molecule has 0 unspecified atom stereocenters. The molecule has 2 aromatic heterocycles. The second-order valence-corrected chi connectivity index (χ2v) is 10.7. The average molecular weight is 427 g/mol. The van der Waals surface area contributed by atoms with Crippen molar-refractivity contribution in [2.75, 3.05) is 13.1 Å². The molecular weight excluding hydrogens is 396 g/mol. The molecule has 1 aromatic carbocycles. The fourth-order valence-electron chi connectivity index (χ4n) is 4.44. The number of sulfonamides is 1. The molecular formula is C23H30N4O2S. The number of rotatable bonds is 5. The van der Waals surface area contributed by atoms with Gasteiger partial charge in [-0.3, -0.25) is 0 Å². The maximum atomic E-state index is 13.2. The summed E-state index contributed by atoms with van der Waals surface area (Å²) in [6, 6.07) is 9.67. The van der Waals surface area contributed by atoms with Gasteiger partial charge in [-0.15, -0.1) is 0 Å². The molecule has 0 atom stereocenters. The Hall–Kier alpha value is -2.25. The summed E-state index contributed by atoms with van der Waals surface area (Å²) >= 11 is 0. The van der Waals surface area contributed by atoms with Crippen molar-refractivity contribution >= 4 is 21.2 Å². The minimum atomic E-state index is -3.48. The minimum Gasteiger partial charge on any atom is -0.309 e. The van der Waals surface area contributed by atoms with Crippen LogP contribution in [0, 0.1) is 19.8 Å². The third-order valence-electron chi connectivity index (χ3n) is 5.85. The molecule has 30 heavy (non-hydrogen) atoms. The van der Waals surface area contributed by atoms with Crippen LogP contribution < -0.4 is 0 Å². The highest BCUT2D eigenvalue weighted by Crippen LogP contribution is 2.32. The largest absolute Gasteiger partial charge is 0.309 e. The van der Waals surface area contributed by atoms with E-state index in [1.165, 1.54) is 0 Å². The van der Waals surface area contributed by atoms with Gasteiger partial charge in [0.2, 0.25) is 10.0 Å². The van der Waals surface area contributed by atoms with Crippen molar-refractivity contribution in [3.63, 3.8) is 0 Å². The highest BCUT2D eigenvalue weighted by Gasteiger charge is 2.32. The second-order valence-electron chi connectivity index (χ2n) is 8.75. The summed E-state index contributed by atoms with van der Waals surface area (Å²) in [7, 11) is -3.48. The van der Waals surface area contributed by atoms with Gasteiger partial charge in [-0.05, 0) is 56.4 Å². The zero-order valence-electron chi connectivity index (χ0n) is 18.2. The Bertz CT molecular complexity index is 1160. The van der Waals surface area contributed by atoms with Gasteiger partial charge < -0.3 is 4.57 Å². The maximum Gasteiger partial charge on any atom is 0.243 e. The number of benzene rings is 1. The monoisotopic (exact) mass is 426 g/mol. The molecule has 0 N–H and O–H groups in total. The van der Waals surface area contributed by atoms with Crippen molar-refractivity contribution in [2.45, 2.75) is 57.9 Å². The molecule has 0 bridgehead atoms. The summed E-state index contributed by atoms with van der Waals surface area (Å²) < 4.78 is 30.4. The number of nitrogens with zero attached hydrogens (tertiary/aromatic N) is 4. The molecule has 160 valence electrons. The molecule has 6 nitrogen and oxygen atoms in total. The normalized spacial score (nSPS) is 16.6. The summed E-state index contributed by atoms with van der Waals surface area (Å²) in [6.45, 7) is 9.25. The van der Waals surface area contributed by atoms with Gasteiger partial charge >= 0.3 is 0 Å². The maximum absolute atomic E-state index is 13.2. The summed E-state index contributed by atoms with van der Waals surface area (Å²) in [6.07, 6.45) is 4.21. The standard InChI is InChI=1S/C23H30N4O2S/c1-16(2)14-22-25-20-6-5-11-24-23(20)27(22)19-9-12-26(13-10-19)30(28,29)21-8-7-17(3)15-18(21)4/h5-8,11,15-16,19H,9-10,12-14H2,1-4H3. The Morgan fingerprint density at radius 1 is 1.13 bits per heavy atom. The summed E-state index contributed by atoms with van der Waals surface area (Å²) in [5.41, 5.74) is 3.70. The summed E-state index contributed by atoms with van der Waals surface area (Å²) in [5.74, 6) is 1.54. The number of hydrogen-bond acceptors (Lipinski definition) is 4. The lowest BCUT2D eigenvalue weighted by atomic mass is 10.1. The van der Waals surface area contributed by atoms with Gasteiger partial charge in [0.15, 0.2) is 5.65 Å². The second kappa shape index (κ2) is 8.12. The van der Waals surface area contributed by atoms with Gasteiger partial charge in [0.1, 0.15) is 11.3 Å². The number of hydrogen-bond donors (Lipinski definition) is 0. The van der Waals surface area contributed by atoms with Gasteiger partial charge in [-0.2, -0.15) is 4.31 Å². The number of aryl methyl sites for hydroxylation is 2. The lowest BCUT2D eigenvalue weighted by Gasteiger charge is -2.33. The van der Waals surface area contributed by atoms with Crippen LogP contribution in [0.2, 0.25) is 0 Å². The van der Waals surface area contributed by atoms with E-state index in [-0.39, 0.29) is 6.04 Å². The van der Waals surface area contributed by atoms with Gasteiger partial charge in [-0.25, -0.2) is 18.4 Å². The number of piperidine rings is 1. The molecule has 1 saturated heterocycles. The predicted molar refractivity (Wildman–Crippen MR) is 119 cm³/mol. The van der Waals surface area contributed by atoms with Gasteiger partial charge in [0.25, 0.3) is 0 Å². The van der Waals surface area contributed by atoms with Crippen LogP contribution in [0.1, 0.15) is 49.7 Å². The Morgan fingerprint density at radius 3 is 2.53 bits per heavy atom. The predicted octanol–water partition coefficient (Wildman–Crippen LogP) is 4.27. The Balaban J connectivity index is 1.59. The van der Waals surface area contributed by atoms with Crippen molar-refractivity contribution in [1.82, 2.24) is 18.8 Å². The van der Waals surface area contributed by atoms with E-state index in [0.29, 0.717) is 23.9 Å². The van der Waals surface area contributed by atoms with E-state index in [9.17, 15) is 8.42 Å². The van der Waals surface area contributed by atoms with Crippen LogP contribution >= 0.6 is 0 Å². The Labute approximate surface area is 179 Å². The molecule has 1 aliphatic heterocycles. The number of fused-ring (bicyclic) bond motifs is 1. The zero-order valence-corrected chi connectivity index (χ0v) is 19.0. The summed E-state index contributed by atoms with van der Waals surface area (Å²) in [5, 5.41) is 0. The molecule has 1 fully saturated rings. The summed E-state index contributed by atoms with van der Waals surface area (Å²) in [4.78, 5) is 9.84. The topological polar surface area (TPSA) is 68.1 Å². The zero-order chi connectivity index (χ0) is 21.5. The molecule has 3 heterocycles. The van der Waals surface area contributed by atoms with E-state index < -0.39 is 10.0 Å². The molecule has 1 aliphatic rings. The molecule has 0 amide bonds. The van der Waals surface area contributed by atoms with Crippen LogP contribution in [0.3, 0.4) is 0 Å². The minimum absolute atomic E-state index is 0.212. The first-order chi connectivity index (χ1) is 14.3. The van der Waals surface area contributed by atoms with E-state index in [1.54, 1.807) is 16.6 Å². The highest BCUT2D eigenvalue weighted by atomic mass is 32.2. The smallest absolute Gasteiger partial charge is 0.243 e. The van der Waals surface area contributed by atoms with E-state index in [2.05, 4.69) is 23.4 Å². The third kappa shape index (κ3) is 3.88.